The van der Waals surface area contributed by atoms with Crippen LogP contribution >= 0.6 is 11.3 Å². The van der Waals surface area contributed by atoms with Gasteiger partial charge in [0.15, 0.2) is 5.65 Å². The van der Waals surface area contributed by atoms with Crippen LogP contribution in [0.15, 0.2) is 35.3 Å². The third kappa shape index (κ3) is 2.42. The van der Waals surface area contributed by atoms with Crippen LogP contribution in [0.3, 0.4) is 0 Å². The van der Waals surface area contributed by atoms with E-state index in [-0.39, 0.29) is 5.56 Å². The van der Waals surface area contributed by atoms with Crippen LogP contribution in [0.4, 0.5) is 5.95 Å². The summed E-state index contributed by atoms with van der Waals surface area (Å²) in [6.45, 7) is 4.02. The van der Waals surface area contributed by atoms with Crippen molar-refractivity contribution in [3.8, 4) is 0 Å². The molecule has 8 nitrogen and oxygen atoms in total. The Balaban J connectivity index is 1.60. The SMILES string of the molecule is CN1CC2CN(c3ncc4c(=O)c(C(N)=O)c5sc6ccccc6n5c4n3)CC2C1. The molecule has 2 atom stereocenters. The molecule has 9 heteroatoms. The molecule has 2 fully saturated rings. The Bertz CT molecular complexity index is 1400. The number of carbonyl (C=O) groups excluding carboxylic acids is 1. The fourth-order valence-electron chi connectivity index (χ4n) is 5.05. The molecule has 2 aliphatic heterocycles. The first kappa shape index (κ1) is 17.8. The van der Waals surface area contributed by atoms with Crippen molar-refractivity contribution in [2.24, 2.45) is 17.6 Å². The summed E-state index contributed by atoms with van der Waals surface area (Å²) in [7, 11) is 2.16. The Labute approximate surface area is 175 Å². The third-order valence-electron chi connectivity index (χ3n) is 6.37. The predicted molar refractivity (Wildman–Crippen MR) is 117 cm³/mol. The van der Waals surface area contributed by atoms with E-state index >= 15 is 0 Å². The zero-order valence-electron chi connectivity index (χ0n) is 16.4. The van der Waals surface area contributed by atoms with E-state index < -0.39 is 11.3 Å². The molecule has 3 aromatic heterocycles. The van der Waals surface area contributed by atoms with Gasteiger partial charge in [0.1, 0.15) is 10.4 Å². The highest BCUT2D eigenvalue weighted by Gasteiger charge is 2.39. The summed E-state index contributed by atoms with van der Waals surface area (Å²) in [6.07, 6.45) is 1.55. The van der Waals surface area contributed by atoms with Gasteiger partial charge in [0, 0.05) is 32.4 Å². The zero-order valence-corrected chi connectivity index (χ0v) is 17.2. The number of hydrogen-bond acceptors (Lipinski definition) is 7. The molecule has 6 rings (SSSR count). The maximum atomic E-state index is 13.1. The van der Waals surface area contributed by atoms with Crippen LogP contribution in [0.2, 0.25) is 0 Å². The molecule has 0 spiro atoms. The standard InChI is InChI=1S/C21H20N6O2S/c1-25-7-11-9-26(10-12(11)8-25)21-23-6-13-17(28)16(18(22)29)20-27(19(13)24-21)14-4-2-3-5-15(14)30-20/h2-6,11-12H,7-10H2,1H3,(H2,22,29). The maximum Gasteiger partial charge on any atom is 0.255 e. The summed E-state index contributed by atoms with van der Waals surface area (Å²) >= 11 is 1.38. The molecule has 2 saturated heterocycles. The smallest absolute Gasteiger partial charge is 0.255 e. The molecule has 2 N–H and O–H groups in total. The average molecular weight is 420 g/mol. The number of aromatic nitrogens is 3. The lowest BCUT2D eigenvalue weighted by atomic mass is 10.0. The molecule has 1 aromatic carbocycles. The Kier molecular flexibility index (Phi) is 3.69. The summed E-state index contributed by atoms with van der Waals surface area (Å²) < 4.78 is 2.85. The highest BCUT2D eigenvalue weighted by molar-refractivity contribution is 7.24. The van der Waals surface area contributed by atoms with Gasteiger partial charge >= 0.3 is 0 Å². The maximum absolute atomic E-state index is 13.1. The molecule has 5 heterocycles. The van der Waals surface area contributed by atoms with Crippen molar-refractivity contribution in [1.29, 1.82) is 0 Å². The number of thiazole rings is 1. The molecule has 0 saturated carbocycles. The van der Waals surface area contributed by atoms with Gasteiger partial charge in [0.25, 0.3) is 5.91 Å². The van der Waals surface area contributed by atoms with E-state index in [4.69, 9.17) is 10.7 Å². The van der Waals surface area contributed by atoms with Crippen molar-refractivity contribution in [2.45, 2.75) is 0 Å². The van der Waals surface area contributed by atoms with Gasteiger partial charge in [-0.3, -0.25) is 14.0 Å². The number of anilines is 1. The molecular formula is C21H20N6O2S. The van der Waals surface area contributed by atoms with Crippen molar-refractivity contribution in [2.75, 3.05) is 38.1 Å². The minimum absolute atomic E-state index is 0.00112. The molecule has 30 heavy (non-hydrogen) atoms. The van der Waals surface area contributed by atoms with Crippen molar-refractivity contribution >= 4 is 49.3 Å². The second-order valence-corrected chi connectivity index (χ2v) is 9.36. The lowest BCUT2D eigenvalue weighted by Gasteiger charge is -2.19. The van der Waals surface area contributed by atoms with Crippen LogP contribution in [0.5, 0.6) is 0 Å². The summed E-state index contributed by atoms with van der Waals surface area (Å²) in [6, 6.07) is 7.80. The fraction of sp³-hybridized carbons (Fsp3) is 0.333. The minimum atomic E-state index is -0.730. The van der Waals surface area contributed by atoms with E-state index in [0.717, 1.165) is 36.4 Å². The Morgan fingerprint density at radius 2 is 1.90 bits per heavy atom. The van der Waals surface area contributed by atoms with Crippen molar-refractivity contribution in [3.05, 3.63) is 46.2 Å². The fourth-order valence-corrected chi connectivity index (χ4v) is 6.24. The molecule has 4 aromatic rings. The number of likely N-dealkylation sites (tertiary alicyclic amines) is 1. The van der Waals surface area contributed by atoms with Crippen LogP contribution in [-0.4, -0.2) is 58.4 Å². The monoisotopic (exact) mass is 420 g/mol. The van der Waals surface area contributed by atoms with Gasteiger partial charge in [0.2, 0.25) is 11.4 Å². The number of pyridine rings is 1. The number of carbonyl (C=O) groups is 1. The first-order valence-electron chi connectivity index (χ1n) is 9.97. The highest BCUT2D eigenvalue weighted by atomic mass is 32.1. The lowest BCUT2D eigenvalue weighted by Crippen LogP contribution is -2.28. The molecule has 0 aliphatic carbocycles. The van der Waals surface area contributed by atoms with E-state index in [1.165, 1.54) is 11.3 Å². The Morgan fingerprint density at radius 1 is 1.17 bits per heavy atom. The number of nitrogens with zero attached hydrogens (tertiary/aromatic N) is 5. The van der Waals surface area contributed by atoms with Gasteiger partial charge in [-0.15, -0.1) is 11.3 Å². The molecule has 2 unspecified atom stereocenters. The number of fused-ring (bicyclic) bond motifs is 6. The lowest BCUT2D eigenvalue weighted by molar-refractivity contribution is 0.100. The van der Waals surface area contributed by atoms with Gasteiger partial charge in [-0.05, 0) is 31.0 Å². The van der Waals surface area contributed by atoms with Crippen molar-refractivity contribution in [3.63, 3.8) is 0 Å². The normalized spacial score (nSPS) is 21.8. The summed E-state index contributed by atoms with van der Waals surface area (Å²) in [4.78, 5) is 39.7. The quantitative estimate of drug-likeness (QED) is 0.529. The number of amides is 1. The van der Waals surface area contributed by atoms with Gasteiger partial charge in [0.05, 0.1) is 15.6 Å². The first-order chi connectivity index (χ1) is 14.5. The molecule has 0 radical (unpaired) electrons. The molecule has 0 bridgehead atoms. The van der Waals surface area contributed by atoms with Gasteiger partial charge < -0.3 is 15.5 Å². The van der Waals surface area contributed by atoms with Gasteiger partial charge in [-0.25, -0.2) is 4.98 Å². The zero-order chi connectivity index (χ0) is 20.6. The van der Waals surface area contributed by atoms with Crippen LogP contribution in [0, 0.1) is 11.8 Å². The number of primary amides is 1. The van der Waals surface area contributed by atoms with Crippen LogP contribution in [-0.2, 0) is 0 Å². The molecule has 152 valence electrons. The van der Waals surface area contributed by atoms with Crippen LogP contribution in [0.25, 0.3) is 26.1 Å². The van der Waals surface area contributed by atoms with Crippen molar-refractivity contribution < 1.29 is 4.79 Å². The van der Waals surface area contributed by atoms with E-state index in [9.17, 15) is 9.59 Å². The first-order valence-corrected chi connectivity index (χ1v) is 10.8. The summed E-state index contributed by atoms with van der Waals surface area (Å²) in [5, 5.41) is 0.313. The third-order valence-corrected chi connectivity index (χ3v) is 7.51. The molecule has 1 amide bonds. The van der Waals surface area contributed by atoms with E-state index in [1.54, 1.807) is 6.20 Å². The Hall–Kier alpha value is -3.04. The van der Waals surface area contributed by atoms with Crippen LogP contribution in [0.1, 0.15) is 10.4 Å². The number of benzene rings is 1. The van der Waals surface area contributed by atoms with E-state index in [2.05, 4.69) is 21.8 Å². The predicted octanol–water partition coefficient (Wildman–Crippen LogP) is 1.55. The minimum Gasteiger partial charge on any atom is -0.365 e. The number of rotatable bonds is 2. The van der Waals surface area contributed by atoms with Crippen molar-refractivity contribution in [1.82, 2.24) is 19.3 Å². The summed E-state index contributed by atoms with van der Waals surface area (Å²) in [5.41, 5.74) is 6.60. The highest BCUT2D eigenvalue weighted by Crippen LogP contribution is 2.34. The number of para-hydroxylation sites is 1. The number of hydrogen-bond donors (Lipinski definition) is 1. The second kappa shape index (κ2) is 6.23. The van der Waals surface area contributed by atoms with E-state index in [0.29, 0.717) is 33.6 Å². The Morgan fingerprint density at radius 3 is 2.63 bits per heavy atom. The number of nitrogens with two attached hydrogens (primary N) is 1. The van der Waals surface area contributed by atoms with Crippen LogP contribution < -0.4 is 16.1 Å². The van der Waals surface area contributed by atoms with Gasteiger partial charge in [-0.1, -0.05) is 12.1 Å². The topological polar surface area (TPSA) is 96.8 Å². The van der Waals surface area contributed by atoms with E-state index in [1.807, 2.05) is 28.7 Å². The van der Waals surface area contributed by atoms with Gasteiger partial charge in [-0.2, -0.15) is 4.98 Å². The largest absolute Gasteiger partial charge is 0.365 e. The second-order valence-electron chi connectivity index (χ2n) is 8.33. The molecule has 2 aliphatic rings. The summed E-state index contributed by atoms with van der Waals surface area (Å²) in [5.74, 6) is 1.15. The molecular weight excluding hydrogens is 400 g/mol. The average Bonchev–Trinajstić information content (AvgIpc) is 3.38.